The van der Waals surface area contributed by atoms with Crippen LogP contribution in [-0.2, 0) is 0 Å². The third-order valence-corrected chi connectivity index (χ3v) is 2.33. The van der Waals surface area contributed by atoms with E-state index in [1.807, 2.05) is 7.05 Å². The summed E-state index contributed by atoms with van der Waals surface area (Å²) in [6, 6.07) is 0.468. The average Bonchev–Trinajstić information content (AvgIpc) is 2.05. The van der Waals surface area contributed by atoms with E-state index in [1.54, 1.807) is 6.92 Å². The van der Waals surface area contributed by atoms with Crippen molar-refractivity contribution in [2.75, 3.05) is 13.6 Å². The van der Waals surface area contributed by atoms with Crippen LogP contribution in [-0.4, -0.2) is 30.2 Å². The minimum Gasteiger partial charge on any atom is -0.300 e. The zero-order valence-electron chi connectivity index (χ0n) is 7.02. The summed E-state index contributed by atoms with van der Waals surface area (Å²) >= 11 is 0. The Balaban J connectivity index is 2.52. The summed E-state index contributed by atoms with van der Waals surface area (Å²) in [7, 11) is 2.00. The van der Waals surface area contributed by atoms with Gasteiger partial charge in [0.1, 0.15) is 5.67 Å². The van der Waals surface area contributed by atoms with Crippen molar-refractivity contribution in [2.45, 2.75) is 38.4 Å². The van der Waals surface area contributed by atoms with Crippen LogP contribution in [0.5, 0.6) is 0 Å². The second-order valence-electron chi connectivity index (χ2n) is 3.59. The van der Waals surface area contributed by atoms with Gasteiger partial charge in [0.25, 0.3) is 0 Å². The van der Waals surface area contributed by atoms with E-state index in [2.05, 4.69) is 11.8 Å². The molecule has 2 unspecified atom stereocenters. The first-order valence-corrected chi connectivity index (χ1v) is 3.94. The van der Waals surface area contributed by atoms with Crippen LogP contribution in [0.2, 0.25) is 0 Å². The quantitative estimate of drug-likeness (QED) is 0.544. The van der Waals surface area contributed by atoms with Crippen LogP contribution in [0, 0.1) is 0 Å². The van der Waals surface area contributed by atoms with Gasteiger partial charge in [0.2, 0.25) is 0 Å². The van der Waals surface area contributed by atoms with Crippen molar-refractivity contribution in [1.82, 2.24) is 4.90 Å². The number of hydrogen-bond acceptors (Lipinski definition) is 1. The molecule has 0 radical (unpaired) electrons. The van der Waals surface area contributed by atoms with Crippen molar-refractivity contribution in [3.05, 3.63) is 0 Å². The highest BCUT2D eigenvalue weighted by Gasteiger charge is 2.37. The van der Waals surface area contributed by atoms with Crippen LogP contribution in [0.25, 0.3) is 0 Å². The Morgan fingerprint density at radius 1 is 1.70 bits per heavy atom. The van der Waals surface area contributed by atoms with E-state index in [-0.39, 0.29) is 0 Å². The summed E-state index contributed by atoms with van der Waals surface area (Å²) < 4.78 is 13.3. The smallest absolute Gasteiger partial charge is 0.122 e. The molecule has 1 rings (SSSR count). The maximum Gasteiger partial charge on any atom is 0.122 e. The molecule has 2 heteroatoms. The summed E-state index contributed by atoms with van der Waals surface area (Å²) in [5.41, 5.74) is -0.935. The standard InChI is InChI=1S/C8H16FN/c1-4-7-5-8(2,9)6-10(7)3/h7H,4-6H2,1-3H3. The molecule has 1 aliphatic rings. The van der Waals surface area contributed by atoms with Crippen LogP contribution in [0.15, 0.2) is 0 Å². The van der Waals surface area contributed by atoms with Crippen LogP contribution in [0.4, 0.5) is 4.39 Å². The number of halogens is 1. The molecule has 0 aromatic carbocycles. The first-order chi connectivity index (χ1) is 4.55. The van der Waals surface area contributed by atoms with E-state index >= 15 is 0 Å². The molecular weight excluding hydrogens is 129 g/mol. The first-order valence-electron chi connectivity index (χ1n) is 3.94. The van der Waals surface area contributed by atoms with Crippen molar-refractivity contribution < 1.29 is 4.39 Å². The molecule has 0 N–H and O–H groups in total. The largest absolute Gasteiger partial charge is 0.300 e. The molecule has 0 spiro atoms. The number of alkyl halides is 1. The van der Waals surface area contributed by atoms with Gasteiger partial charge in [-0.1, -0.05) is 6.92 Å². The second kappa shape index (κ2) is 2.50. The summed E-state index contributed by atoms with van der Waals surface area (Å²) in [5.74, 6) is 0. The van der Waals surface area contributed by atoms with Gasteiger partial charge in [0.05, 0.1) is 0 Å². The van der Waals surface area contributed by atoms with Gasteiger partial charge in [-0.25, -0.2) is 4.39 Å². The van der Waals surface area contributed by atoms with Crippen LogP contribution in [0.1, 0.15) is 26.7 Å². The van der Waals surface area contributed by atoms with Crippen molar-refractivity contribution in [1.29, 1.82) is 0 Å². The van der Waals surface area contributed by atoms with E-state index < -0.39 is 5.67 Å². The Kier molecular flexibility index (Phi) is 1.99. The fourth-order valence-corrected chi connectivity index (χ4v) is 1.82. The predicted molar refractivity (Wildman–Crippen MR) is 40.8 cm³/mol. The molecule has 1 heterocycles. The molecule has 0 aromatic heterocycles. The Bertz CT molecular complexity index is 122. The van der Waals surface area contributed by atoms with Crippen LogP contribution >= 0.6 is 0 Å². The van der Waals surface area contributed by atoms with Gasteiger partial charge >= 0.3 is 0 Å². The number of hydrogen-bond donors (Lipinski definition) is 0. The zero-order valence-corrected chi connectivity index (χ0v) is 7.02. The second-order valence-corrected chi connectivity index (χ2v) is 3.59. The Hall–Kier alpha value is -0.110. The van der Waals surface area contributed by atoms with E-state index in [4.69, 9.17) is 0 Å². The summed E-state index contributed by atoms with van der Waals surface area (Å²) in [5, 5.41) is 0. The molecule has 0 aromatic rings. The number of nitrogens with zero attached hydrogens (tertiary/aromatic N) is 1. The van der Waals surface area contributed by atoms with Gasteiger partial charge in [0, 0.05) is 12.6 Å². The SMILES string of the molecule is CCC1CC(C)(F)CN1C. The minimum absolute atomic E-state index is 0.468. The number of rotatable bonds is 1. The molecule has 10 heavy (non-hydrogen) atoms. The van der Waals surface area contributed by atoms with Gasteiger partial charge in [-0.2, -0.15) is 0 Å². The van der Waals surface area contributed by atoms with Gasteiger partial charge < -0.3 is 4.90 Å². The zero-order chi connectivity index (χ0) is 7.78. The van der Waals surface area contributed by atoms with Crippen molar-refractivity contribution in [3.8, 4) is 0 Å². The van der Waals surface area contributed by atoms with Gasteiger partial charge in [-0.05, 0) is 26.8 Å². The first kappa shape index (κ1) is 7.99. The molecule has 0 saturated carbocycles. The van der Waals surface area contributed by atoms with Crippen molar-refractivity contribution in [3.63, 3.8) is 0 Å². The summed E-state index contributed by atoms with van der Waals surface area (Å²) in [4.78, 5) is 2.11. The minimum atomic E-state index is -0.935. The lowest BCUT2D eigenvalue weighted by molar-refractivity contribution is 0.198. The van der Waals surface area contributed by atoms with Crippen LogP contribution in [0.3, 0.4) is 0 Å². The topological polar surface area (TPSA) is 3.24 Å². The fraction of sp³-hybridized carbons (Fsp3) is 1.00. The van der Waals surface area contributed by atoms with Gasteiger partial charge in [-0.15, -0.1) is 0 Å². The lowest BCUT2D eigenvalue weighted by Gasteiger charge is -2.15. The molecule has 1 fully saturated rings. The molecule has 60 valence electrons. The Morgan fingerprint density at radius 2 is 2.30 bits per heavy atom. The molecule has 1 nitrogen and oxygen atoms in total. The van der Waals surface area contributed by atoms with E-state index in [0.29, 0.717) is 19.0 Å². The van der Waals surface area contributed by atoms with E-state index in [1.165, 1.54) is 0 Å². The highest BCUT2D eigenvalue weighted by atomic mass is 19.1. The van der Waals surface area contributed by atoms with Gasteiger partial charge in [-0.3, -0.25) is 0 Å². The monoisotopic (exact) mass is 145 g/mol. The Morgan fingerprint density at radius 3 is 2.50 bits per heavy atom. The van der Waals surface area contributed by atoms with Crippen LogP contribution < -0.4 is 0 Å². The van der Waals surface area contributed by atoms with Gasteiger partial charge in [0.15, 0.2) is 0 Å². The molecule has 1 aliphatic heterocycles. The Labute approximate surface area is 62.2 Å². The predicted octanol–water partition coefficient (Wildman–Crippen LogP) is 1.83. The highest BCUT2D eigenvalue weighted by molar-refractivity contribution is 4.91. The van der Waals surface area contributed by atoms with E-state index in [9.17, 15) is 4.39 Å². The molecular formula is C8H16FN. The van der Waals surface area contributed by atoms with E-state index in [0.717, 1.165) is 6.42 Å². The fourth-order valence-electron chi connectivity index (χ4n) is 1.82. The molecule has 0 bridgehead atoms. The normalized spacial score (nSPS) is 42.6. The summed E-state index contributed by atoms with van der Waals surface area (Å²) in [6.45, 7) is 4.41. The third-order valence-electron chi connectivity index (χ3n) is 2.33. The van der Waals surface area contributed by atoms with Crippen molar-refractivity contribution >= 4 is 0 Å². The summed E-state index contributed by atoms with van der Waals surface area (Å²) in [6.07, 6.45) is 1.77. The molecule has 1 saturated heterocycles. The molecule has 2 atom stereocenters. The lowest BCUT2D eigenvalue weighted by atomic mass is 10.0. The number of likely N-dealkylation sites (tertiary alicyclic amines) is 1. The molecule has 0 amide bonds. The maximum absolute atomic E-state index is 13.3. The third kappa shape index (κ3) is 1.48. The lowest BCUT2D eigenvalue weighted by Crippen LogP contribution is -2.25. The highest BCUT2D eigenvalue weighted by Crippen LogP contribution is 2.30. The maximum atomic E-state index is 13.3. The average molecular weight is 145 g/mol. The van der Waals surface area contributed by atoms with Crippen molar-refractivity contribution in [2.24, 2.45) is 0 Å². The molecule has 0 aliphatic carbocycles.